The Labute approximate surface area is 133 Å². The molecule has 1 aliphatic rings. The van der Waals surface area contributed by atoms with Gasteiger partial charge < -0.3 is 4.74 Å². The highest BCUT2D eigenvalue weighted by Crippen LogP contribution is 2.20. The van der Waals surface area contributed by atoms with Crippen LogP contribution in [0.3, 0.4) is 0 Å². The summed E-state index contributed by atoms with van der Waals surface area (Å²) in [6.45, 7) is 0.315. The van der Waals surface area contributed by atoms with E-state index in [9.17, 15) is 21.6 Å². The van der Waals surface area contributed by atoms with Crippen LogP contribution in [0.2, 0.25) is 0 Å². The summed E-state index contributed by atoms with van der Waals surface area (Å²) in [4.78, 5) is 0. The number of halogens is 3. The van der Waals surface area contributed by atoms with E-state index < -0.39 is 29.0 Å². The molecule has 1 aromatic rings. The Morgan fingerprint density at radius 2 is 1.96 bits per heavy atom. The normalized spacial score (nSPS) is 17.7. The number of hydrogen-bond acceptors (Lipinski definition) is 3. The molecule has 0 spiro atoms. The largest absolute Gasteiger partial charge is 0.411 e. The summed E-state index contributed by atoms with van der Waals surface area (Å²) in [6.07, 6.45) is -3.81. The van der Waals surface area contributed by atoms with Gasteiger partial charge in [-0.2, -0.15) is 30.6 Å². The van der Waals surface area contributed by atoms with Crippen molar-refractivity contribution in [1.29, 1.82) is 0 Å². The van der Waals surface area contributed by atoms with E-state index in [1.807, 2.05) is 24.3 Å². The first-order valence-corrected chi connectivity index (χ1v) is 8.60. The Bertz CT molecular complexity index is 634. The van der Waals surface area contributed by atoms with Crippen LogP contribution in [0.1, 0.15) is 18.1 Å². The van der Waals surface area contributed by atoms with E-state index in [0.29, 0.717) is 13.0 Å². The van der Waals surface area contributed by atoms with Crippen molar-refractivity contribution in [3.8, 4) is 0 Å². The molecular formula is C14H19F3N2O3S. The Balaban J connectivity index is 1.89. The smallest absolute Gasteiger partial charge is 0.370 e. The van der Waals surface area contributed by atoms with Crippen LogP contribution in [0.5, 0.6) is 0 Å². The van der Waals surface area contributed by atoms with Gasteiger partial charge in [0.1, 0.15) is 6.61 Å². The van der Waals surface area contributed by atoms with Crippen LogP contribution >= 0.6 is 0 Å². The van der Waals surface area contributed by atoms with Gasteiger partial charge in [-0.25, -0.2) is 0 Å². The second-order valence-electron chi connectivity index (χ2n) is 5.51. The topological polar surface area (TPSA) is 58.6 Å². The Morgan fingerprint density at radius 1 is 1.30 bits per heavy atom. The van der Waals surface area contributed by atoms with E-state index in [-0.39, 0.29) is 13.2 Å². The van der Waals surface area contributed by atoms with Gasteiger partial charge in [-0.1, -0.05) is 24.3 Å². The molecule has 9 heteroatoms. The van der Waals surface area contributed by atoms with Crippen molar-refractivity contribution in [2.75, 3.05) is 19.8 Å². The number of fused-ring (bicyclic) bond motifs is 1. The maximum absolute atomic E-state index is 12.3. The highest BCUT2D eigenvalue weighted by molar-refractivity contribution is 7.87. The fraction of sp³-hybridized carbons (Fsp3) is 0.571. The second-order valence-corrected chi connectivity index (χ2v) is 7.21. The molecule has 0 fully saturated rings. The summed E-state index contributed by atoms with van der Waals surface area (Å²) >= 11 is 0. The lowest BCUT2D eigenvalue weighted by molar-refractivity contribution is -0.174. The van der Waals surface area contributed by atoms with Crippen molar-refractivity contribution in [2.45, 2.75) is 32.1 Å². The Hall–Kier alpha value is -1.16. The van der Waals surface area contributed by atoms with E-state index in [2.05, 4.69) is 9.46 Å². The number of benzene rings is 1. The predicted octanol–water partition coefficient (Wildman–Crippen LogP) is 1.85. The maximum atomic E-state index is 12.3. The molecule has 0 saturated carbocycles. The summed E-state index contributed by atoms with van der Waals surface area (Å²) in [6, 6.07) is 6.82. The number of nitrogens with one attached hydrogen (secondary N) is 1. The van der Waals surface area contributed by atoms with Crippen LogP contribution in [-0.4, -0.2) is 44.7 Å². The first kappa shape index (κ1) is 18.2. The first-order valence-electron chi connectivity index (χ1n) is 7.16. The average molecular weight is 352 g/mol. The third-order valence-corrected chi connectivity index (χ3v) is 5.11. The summed E-state index contributed by atoms with van der Waals surface area (Å²) in [7, 11) is -3.77. The van der Waals surface area contributed by atoms with Gasteiger partial charge in [0, 0.05) is 19.1 Å². The standard InChI is InChI=1S/C14H19F3N2O3S/c1-11(9-22-10-14(15,16)17)18-23(20,21)19-7-6-12-4-2-3-5-13(12)8-19/h2-5,11,18H,6-10H2,1H3/t11-/m0/s1. The van der Waals surface area contributed by atoms with Gasteiger partial charge >= 0.3 is 6.18 Å². The third kappa shape index (κ3) is 5.45. The van der Waals surface area contributed by atoms with Gasteiger partial charge in [-0.15, -0.1) is 0 Å². The highest BCUT2D eigenvalue weighted by atomic mass is 32.2. The summed E-state index contributed by atoms with van der Waals surface area (Å²) in [5.74, 6) is 0. The molecule has 0 radical (unpaired) electrons. The molecule has 0 amide bonds. The van der Waals surface area contributed by atoms with Gasteiger partial charge in [0.25, 0.3) is 10.2 Å². The maximum Gasteiger partial charge on any atom is 0.411 e. The van der Waals surface area contributed by atoms with Crippen LogP contribution in [0, 0.1) is 0 Å². The second kappa shape index (κ2) is 7.16. The Kier molecular flexibility index (Phi) is 5.66. The monoisotopic (exact) mass is 352 g/mol. The zero-order valence-corrected chi connectivity index (χ0v) is 13.5. The molecule has 23 heavy (non-hydrogen) atoms. The SMILES string of the molecule is C[C@@H](COCC(F)(F)F)NS(=O)(=O)N1CCc2ccccc2C1. The number of nitrogens with zero attached hydrogens (tertiary/aromatic N) is 1. The molecule has 130 valence electrons. The molecule has 0 saturated heterocycles. The molecule has 2 rings (SSSR count). The molecule has 1 aliphatic heterocycles. The number of hydrogen-bond donors (Lipinski definition) is 1. The molecule has 0 aromatic heterocycles. The summed E-state index contributed by atoms with van der Waals surface area (Å²) < 4.78 is 68.7. The van der Waals surface area contributed by atoms with Crippen molar-refractivity contribution in [1.82, 2.24) is 9.03 Å². The zero-order valence-electron chi connectivity index (χ0n) is 12.6. The van der Waals surface area contributed by atoms with E-state index in [0.717, 1.165) is 11.1 Å². The number of rotatable bonds is 6. The lowest BCUT2D eigenvalue weighted by atomic mass is 10.0. The van der Waals surface area contributed by atoms with E-state index >= 15 is 0 Å². The molecule has 0 bridgehead atoms. The minimum atomic E-state index is -4.42. The van der Waals surface area contributed by atoms with Gasteiger partial charge in [0.05, 0.1) is 6.61 Å². The van der Waals surface area contributed by atoms with Gasteiger partial charge in [-0.3, -0.25) is 0 Å². The van der Waals surface area contributed by atoms with Crippen molar-refractivity contribution in [2.24, 2.45) is 0 Å². The van der Waals surface area contributed by atoms with E-state index in [1.54, 1.807) is 0 Å². The Morgan fingerprint density at radius 3 is 2.61 bits per heavy atom. The fourth-order valence-corrected chi connectivity index (χ4v) is 3.76. The zero-order chi connectivity index (χ0) is 17.1. The van der Waals surface area contributed by atoms with Crippen molar-refractivity contribution >= 4 is 10.2 Å². The minimum absolute atomic E-state index is 0.252. The molecule has 1 aromatic carbocycles. The van der Waals surface area contributed by atoms with Gasteiger partial charge in [0.15, 0.2) is 0 Å². The molecule has 1 heterocycles. The van der Waals surface area contributed by atoms with E-state index in [1.165, 1.54) is 11.2 Å². The average Bonchev–Trinajstić information content (AvgIpc) is 2.44. The predicted molar refractivity (Wildman–Crippen MR) is 78.9 cm³/mol. The highest BCUT2D eigenvalue weighted by Gasteiger charge is 2.30. The number of alkyl halides is 3. The molecule has 0 aliphatic carbocycles. The molecule has 1 atom stereocenters. The van der Waals surface area contributed by atoms with Crippen molar-refractivity contribution < 1.29 is 26.3 Å². The molecule has 1 N–H and O–H groups in total. The molecular weight excluding hydrogens is 333 g/mol. The fourth-order valence-electron chi connectivity index (χ4n) is 2.39. The van der Waals surface area contributed by atoms with Crippen molar-refractivity contribution in [3.63, 3.8) is 0 Å². The van der Waals surface area contributed by atoms with Crippen molar-refractivity contribution in [3.05, 3.63) is 35.4 Å². The van der Waals surface area contributed by atoms with Crippen LogP contribution < -0.4 is 4.72 Å². The summed E-state index contributed by atoms with van der Waals surface area (Å²) in [5, 5.41) is 0. The first-order chi connectivity index (χ1) is 10.7. The molecule has 5 nitrogen and oxygen atoms in total. The minimum Gasteiger partial charge on any atom is -0.370 e. The lowest BCUT2D eigenvalue weighted by Crippen LogP contribution is -2.47. The quantitative estimate of drug-likeness (QED) is 0.850. The molecule has 0 unspecified atom stereocenters. The van der Waals surface area contributed by atoms with Gasteiger partial charge in [-0.05, 0) is 24.5 Å². The number of ether oxygens (including phenoxy) is 1. The van der Waals surface area contributed by atoms with E-state index in [4.69, 9.17) is 0 Å². The lowest BCUT2D eigenvalue weighted by Gasteiger charge is -2.29. The van der Waals surface area contributed by atoms with Crippen LogP contribution in [0.15, 0.2) is 24.3 Å². The van der Waals surface area contributed by atoms with Crippen LogP contribution in [0.25, 0.3) is 0 Å². The van der Waals surface area contributed by atoms with Gasteiger partial charge in [0.2, 0.25) is 0 Å². The third-order valence-electron chi connectivity index (χ3n) is 3.42. The van der Waals surface area contributed by atoms with Crippen LogP contribution in [-0.2, 0) is 27.9 Å². The van der Waals surface area contributed by atoms with Crippen LogP contribution in [0.4, 0.5) is 13.2 Å². The summed E-state index contributed by atoms with van der Waals surface area (Å²) in [5.41, 5.74) is 2.05.